The smallest absolute Gasteiger partial charge is 0.326 e. The molecule has 2 rings (SSSR count). The number of furan rings is 1. The van der Waals surface area contributed by atoms with Gasteiger partial charge < -0.3 is 36.9 Å². The number of rotatable bonds is 13. The average molecular weight is 434 g/mol. The van der Waals surface area contributed by atoms with Crippen molar-refractivity contribution in [2.45, 2.75) is 50.2 Å². The molecule has 0 bridgehead atoms. The van der Waals surface area contributed by atoms with Gasteiger partial charge in [0.15, 0.2) is 0 Å². The lowest BCUT2D eigenvalue weighted by Gasteiger charge is -2.17. The number of carbonyl (C=O) groups excluding carboxylic acids is 2. The van der Waals surface area contributed by atoms with Crippen LogP contribution < -0.4 is 27.4 Å². The van der Waals surface area contributed by atoms with E-state index in [1.807, 2.05) is 6.08 Å². The Kier molecular flexibility index (Phi) is 9.22. The maximum atomic E-state index is 12.2. The van der Waals surface area contributed by atoms with Crippen molar-refractivity contribution in [1.82, 2.24) is 16.0 Å². The van der Waals surface area contributed by atoms with Gasteiger partial charge in [-0.3, -0.25) is 15.0 Å². The summed E-state index contributed by atoms with van der Waals surface area (Å²) < 4.78 is 5.12. The fourth-order valence-electron chi connectivity index (χ4n) is 3.26. The van der Waals surface area contributed by atoms with Gasteiger partial charge >= 0.3 is 5.97 Å². The summed E-state index contributed by atoms with van der Waals surface area (Å²) in [6, 6.07) is 1.11. The molecule has 0 fully saturated rings. The number of hydrogen-bond donors (Lipinski definition) is 7. The van der Waals surface area contributed by atoms with Crippen molar-refractivity contribution in [3.63, 3.8) is 0 Å². The zero-order chi connectivity index (χ0) is 22.8. The Morgan fingerprint density at radius 3 is 2.74 bits per heavy atom. The SMILES string of the molecule is N=C(N)C1NCC=C1CC(N)C(=O)NCCCCC(=O)NC(Cc1ccco1)C(=O)O. The van der Waals surface area contributed by atoms with E-state index >= 15 is 0 Å². The number of carboxylic acid groups (broad SMARTS) is 1. The number of amidine groups is 1. The second-order valence-electron chi connectivity index (χ2n) is 7.38. The summed E-state index contributed by atoms with van der Waals surface area (Å²) in [5.41, 5.74) is 12.3. The molecule has 2 heterocycles. The summed E-state index contributed by atoms with van der Waals surface area (Å²) >= 11 is 0. The minimum absolute atomic E-state index is 0.0102. The van der Waals surface area contributed by atoms with E-state index in [0.29, 0.717) is 38.1 Å². The number of carbonyl (C=O) groups is 3. The lowest BCUT2D eigenvalue weighted by molar-refractivity contribution is -0.141. The Labute approximate surface area is 180 Å². The average Bonchev–Trinajstić information content (AvgIpc) is 3.38. The van der Waals surface area contributed by atoms with Crippen LogP contribution in [-0.4, -0.2) is 59.9 Å². The molecular weight excluding hydrogens is 404 g/mol. The lowest BCUT2D eigenvalue weighted by atomic mass is 10.0. The monoisotopic (exact) mass is 434 g/mol. The highest BCUT2D eigenvalue weighted by molar-refractivity contribution is 5.87. The van der Waals surface area contributed by atoms with Crippen LogP contribution in [0.15, 0.2) is 34.5 Å². The summed E-state index contributed by atoms with van der Waals surface area (Å²) in [5.74, 6) is -1.36. The van der Waals surface area contributed by atoms with Crippen LogP contribution in [0.3, 0.4) is 0 Å². The standard InChI is InChI=1S/C20H30N6O5/c21-14(10-12-6-8-24-17(12)18(22)23)19(28)25-7-2-1-5-16(27)26-15(20(29)30)11-13-4-3-9-31-13/h3-4,6,9,14-15,17,24H,1-2,5,7-8,10-11,21H2,(H3,22,23)(H,25,28)(H,26,27)(H,29,30). The lowest BCUT2D eigenvalue weighted by Crippen LogP contribution is -2.44. The summed E-state index contributed by atoms with van der Waals surface area (Å²) in [6.45, 7) is 0.933. The van der Waals surface area contributed by atoms with Crippen molar-refractivity contribution in [2.24, 2.45) is 11.5 Å². The molecule has 1 aliphatic rings. The number of aliphatic carboxylic acids is 1. The van der Waals surface area contributed by atoms with Crippen molar-refractivity contribution in [1.29, 1.82) is 5.41 Å². The molecule has 1 aromatic rings. The minimum atomic E-state index is -1.13. The van der Waals surface area contributed by atoms with Crippen LogP contribution in [-0.2, 0) is 20.8 Å². The van der Waals surface area contributed by atoms with Crippen LogP contribution in [0.25, 0.3) is 0 Å². The van der Waals surface area contributed by atoms with Crippen molar-refractivity contribution in [3.05, 3.63) is 35.8 Å². The Hall–Kier alpha value is -3.18. The molecule has 9 N–H and O–H groups in total. The zero-order valence-corrected chi connectivity index (χ0v) is 17.2. The molecule has 1 aliphatic heterocycles. The fraction of sp³-hybridized carbons (Fsp3) is 0.500. The van der Waals surface area contributed by atoms with Gasteiger partial charge in [-0.25, -0.2) is 4.79 Å². The highest BCUT2D eigenvalue weighted by atomic mass is 16.4. The van der Waals surface area contributed by atoms with Crippen LogP contribution in [0.4, 0.5) is 0 Å². The predicted octanol–water partition coefficient (Wildman–Crippen LogP) is -0.770. The van der Waals surface area contributed by atoms with E-state index < -0.39 is 18.1 Å². The third-order valence-electron chi connectivity index (χ3n) is 4.91. The quantitative estimate of drug-likeness (QED) is 0.0908. The molecule has 170 valence electrons. The second-order valence-corrected chi connectivity index (χ2v) is 7.38. The van der Waals surface area contributed by atoms with Gasteiger partial charge in [-0.2, -0.15) is 0 Å². The summed E-state index contributed by atoms with van der Waals surface area (Å²) in [4.78, 5) is 35.5. The molecule has 1 aromatic heterocycles. The number of nitrogens with one attached hydrogen (secondary N) is 4. The maximum absolute atomic E-state index is 12.2. The molecule has 0 saturated heterocycles. The van der Waals surface area contributed by atoms with Crippen LogP contribution in [0.1, 0.15) is 31.4 Å². The van der Waals surface area contributed by atoms with Gasteiger partial charge in [0.25, 0.3) is 0 Å². The van der Waals surface area contributed by atoms with Gasteiger partial charge in [-0.1, -0.05) is 6.08 Å². The Morgan fingerprint density at radius 1 is 1.32 bits per heavy atom. The first kappa shape index (κ1) is 24.1. The Morgan fingerprint density at radius 2 is 2.10 bits per heavy atom. The molecule has 2 amide bonds. The summed E-state index contributed by atoms with van der Waals surface area (Å²) in [5, 5.41) is 25.0. The maximum Gasteiger partial charge on any atom is 0.326 e. The number of nitrogens with two attached hydrogens (primary N) is 2. The number of unbranched alkanes of at least 4 members (excludes halogenated alkanes) is 1. The molecule has 11 heteroatoms. The summed E-state index contributed by atoms with van der Waals surface area (Å²) in [7, 11) is 0. The predicted molar refractivity (Wildman–Crippen MR) is 113 cm³/mol. The highest BCUT2D eigenvalue weighted by Gasteiger charge is 2.25. The molecule has 3 atom stereocenters. The Balaban J connectivity index is 1.63. The topological polar surface area (TPSA) is 197 Å². The molecule has 0 aliphatic carbocycles. The number of amides is 2. The molecule has 31 heavy (non-hydrogen) atoms. The van der Waals surface area contributed by atoms with Gasteiger partial charge in [0.05, 0.1) is 18.3 Å². The third kappa shape index (κ3) is 7.87. The second kappa shape index (κ2) is 11.9. The van der Waals surface area contributed by atoms with Crippen LogP contribution in [0.2, 0.25) is 0 Å². The van der Waals surface area contributed by atoms with Crippen molar-refractivity contribution < 1.29 is 23.9 Å². The van der Waals surface area contributed by atoms with E-state index in [1.165, 1.54) is 6.26 Å². The first-order chi connectivity index (χ1) is 14.8. The van der Waals surface area contributed by atoms with Crippen molar-refractivity contribution in [3.8, 4) is 0 Å². The van der Waals surface area contributed by atoms with E-state index in [2.05, 4.69) is 16.0 Å². The molecule has 0 spiro atoms. The van der Waals surface area contributed by atoms with Crippen LogP contribution >= 0.6 is 0 Å². The van der Waals surface area contributed by atoms with Crippen LogP contribution in [0.5, 0.6) is 0 Å². The third-order valence-corrected chi connectivity index (χ3v) is 4.91. The van der Waals surface area contributed by atoms with E-state index in [-0.39, 0.29) is 36.5 Å². The molecular formula is C20H30N6O5. The fourth-order valence-corrected chi connectivity index (χ4v) is 3.26. The van der Waals surface area contributed by atoms with Crippen molar-refractivity contribution in [2.75, 3.05) is 13.1 Å². The molecule has 11 nitrogen and oxygen atoms in total. The van der Waals surface area contributed by atoms with E-state index in [4.69, 9.17) is 21.3 Å². The van der Waals surface area contributed by atoms with Gasteiger partial charge in [-0.15, -0.1) is 0 Å². The number of carboxylic acids is 1. The first-order valence-corrected chi connectivity index (χ1v) is 10.1. The van der Waals surface area contributed by atoms with Gasteiger partial charge in [-0.05, 0) is 37.0 Å². The highest BCUT2D eigenvalue weighted by Crippen LogP contribution is 2.14. The van der Waals surface area contributed by atoms with E-state index in [0.717, 1.165) is 5.57 Å². The normalized spacial score (nSPS) is 17.5. The molecule has 0 radical (unpaired) electrons. The van der Waals surface area contributed by atoms with Gasteiger partial charge in [0.2, 0.25) is 11.8 Å². The zero-order valence-electron chi connectivity index (χ0n) is 17.2. The number of hydrogen-bond acceptors (Lipinski definition) is 7. The first-order valence-electron chi connectivity index (χ1n) is 10.1. The van der Waals surface area contributed by atoms with Crippen molar-refractivity contribution >= 4 is 23.6 Å². The summed E-state index contributed by atoms with van der Waals surface area (Å²) in [6.07, 6.45) is 4.87. The molecule has 0 saturated carbocycles. The molecule has 0 aromatic carbocycles. The molecule has 3 unspecified atom stereocenters. The Bertz CT molecular complexity index is 807. The largest absolute Gasteiger partial charge is 0.480 e. The van der Waals surface area contributed by atoms with Crippen LogP contribution in [0, 0.1) is 5.41 Å². The van der Waals surface area contributed by atoms with Gasteiger partial charge in [0, 0.05) is 25.9 Å². The van der Waals surface area contributed by atoms with E-state index in [1.54, 1.807) is 12.1 Å². The van der Waals surface area contributed by atoms with Gasteiger partial charge in [0.1, 0.15) is 17.6 Å². The van der Waals surface area contributed by atoms with E-state index in [9.17, 15) is 19.5 Å². The minimum Gasteiger partial charge on any atom is -0.480 e.